The first kappa shape index (κ1) is 22.2. The summed E-state index contributed by atoms with van der Waals surface area (Å²) in [5.74, 6) is -0.331. The molecule has 3 rings (SSSR count). The molecule has 30 heavy (non-hydrogen) atoms. The number of sulfonamides is 1. The third-order valence-corrected chi connectivity index (χ3v) is 6.21. The van der Waals surface area contributed by atoms with Crippen LogP contribution in [0.25, 0.3) is 0 Å². The van der Waals surface area contributed by atoms with Gasteiger partial charge in [0, 0.05) is 42.5 Å². The second kappa shape index (κ2) is 9.13. The molecule has 1 atom stereocenters. The zero-order valence-corrected chi connectivity index (χ0v) is 18.0. The number of carbonyl (C=O) groups excluding carboxylic acids is 2. The molecule has 2 aromatic carbocycles. The van der Waals surface area contributed by atoms with E-state index in [0.29, 0.717) is 42.5 Å². The van der Waals surface area contributed by atoms with Crippen LogP contribution in [-0.2, 0) is 14.8 Å². The van der Waals surface area contributed by atoms with E-state index in [0.717, 1.165) is 0 Å². The zero-order valence-electron chi connectivity index (χ0n) is 16.4. The average molecular weight is 451 g/mol. The summed E-state index contributed by atoms with van der Waals surface area (Å²) in [6.45, 7) is 3.87. The second-order valence-corrected chi connectivity index (χ2v) is 9.07. The van der Waals surface area contributed by atoms with Crippen LogP contribution in [0.4, 0.5) is 5.69 Å². The van der Waals surface area contributed by atoms with Gasteiger partial charge in [0.1, 0.15) is 0 Å². The molecule has 1 unspecified atom stereocenters. The molecule has 1 aliphatic rings. The number of rotatable bonds is 5. The SMILES string of the molecule is CC(C(=O)Nc1cccc(S(N)(=O)=O)c1)N1CCN(C(=O)c2ccc(Cl)cc2)CC1. The first-order valence-electron chi connectivity index (χ1n) is 9.38. The van der Waals surface area contributed by atoms with Gasteiger partial charge in [-0.3, -0.25) is 14.5 Å². The van der Waals surface area contributed by atoms with Gasteiger partial charge in [-0.25, -0.2) is 13.6 Å². The van der Waals surface area contributed by atoms with Gasteiger partial charge in [-0.15, -0.1) is 0 Å². The number of nitrogens with one attached hydrogen (secondary N) is 1. The van der Waals surface area contributed by atoms with E-state index in [1.807, 2.05) is 4.90 Å². The number of piperazine rings is 1. The predicted molar refractivity (Wildman–Crippen MR) is 115 cm³/mol. The Morgan fingerprint density at radius 2 is 1.70 bits per heavy atom. The minimum absolute atomic E-state index is 0.0665. The topological polar surface area (TPSA) is 113 Å². The van der Waals surface area contributed by atoms with Crippen molar-refractivity contribution in [2.75, 3.05) is 31.5 Å². The van der Waals surface area contributed by atoms with Crippen LogP contribution in [0, 0.1) is 0 Å². The molecule has 0 saturated carbocycles. The summed E-state index contributed by atoms with van der Waals surface area (Å²) < 4.78 is 23.0. The van der Waals surface area contributed by atoms with Crippen molar-refractivity contribution in [1.29, 1.82) is 0 Å². The molecule has 0 aromatic heterocycles. The lowest BCUT2D eigenvalue weighted by Gasteiger charge is -2.37. The van der Waals surface area contributed by atoms with E-state index in [-0.39, 0.29) is 16.7 Å². The second-order valence-electron chi connectivity index (χ2n) is 7.07. The Kier molecular flexibility index (Phi) is 6.77. The monoisotopic (exact) mass is 450 g/mol. The van der Waals surface area contributed by atoms with Crippen LogP contribution in [-0.4, -0.2) is 62.3 Å². The molecule has 1 saturated heterocycles. The quantitative estimate of drug-likeness (QED) is 0.720. The van der Waals surface area contributed by atoms with Crippen molar-refractivity contribution in [3.63, 3.8) is 0 Å². The van der Waals surface area contributed by atoms with E-state index < -0.39 is 16.1 Å². The Morgan fingerprint density at radius 1 is 1.07 bits per heavy atom. The van der Waals surface area contributed by atoms with Gasteiger partial charge in [0.15, 0.2) is 0 Å². The van der Waals surface area contributed by atoms with Gasteiger partial charge in [-0.2, -0.15) is 0 Å². The summed E-state index contributed by atoms with van der Waals surface area (Å²) in [6, 6.07) is 12.1. The van der Waals surface area contributed by atoms with Crippen molar-refractivity contribution < 1.29 is 18.0 Å². The maximum Gasteiger partial charge on any atom is 0.253 e. The molecule has 1 fully saturated rings. The van der Waals surface area contributed by atoms with Crippen molar-refractivity contribution >= 4 is 39.1 Å². The molecule has 3 N–H and O–H groups in total. The molecule has 1 heterocycles. The fraction of sp³-hybridized carbons (Fsp3) is 0.300. The highest BCUT2D eigenvalue weighted by molar-refractivity contribution is 7.89. The van der Waals surface area contributed by atoms with Gasteiger partial charge in [-0.05, 0) is 49.4 Å². The molecular weight excluding hydrogens is 428 g/mol. The number of hydrogen-bond donors (Lipinski definition) is 2. The molecule has 8 nitrogen and oxygen atoms in total. The van der Waals surface area contributed by atoms with E-state index in [1.165, 1.54) is 18.2 Å². The molecule has 0 spiro atoms. The van der Waals surface area contributed by atoms with Gasteiger partial charge in [-0.1, -0.05) is 17.7 Å². The Hall–Kier alpha value is -2.46. The molecule has 2 amide bonds. The lowest BCUT2D eigenvalue weighted by Crippen LogP contribution is -2.54. The minimum atomic E-state index is -3.85. The van der Waals surface area contributed by atoms with E-state index in [1.54, 1.807) is 42.2 Å². The largest absolute Gasteiger partial charge is 0.336 e. The molecule has 1 aliphatic heterocycles. The van der Waals surface area contributed by atoms with Crippen molar-refractivity contribution in [2.24, 2.45) is 5.14 Å². The maximum atomic E-state index is 12.6. The van der Waals surface area contributed by atoms with Crippen molar-refractivity contribution in [2.45, 2.75) is 17.9 Å². The summed E-state index contributed by atoms with van der Waals surface area (Å²) in [6.07, 6.45) is 0. The summed E-state index contributed by atoms with van der Waals surface area (Å²) >= 11 is 5.87. The van der Waals surface area contributed by atoms with Crippen molar-refractivity contribution in [3.05, 3.63) is 59.1 Å². The number of nitrogens with two attached hydrogens (primary N) is 1. The highest BCUT2D eigenvalue weighted by Gasteiger charge is 2.28. The summed E-state index contributed by atoms with van der Waals surface area (Å²) in [7, 11) is -3.85. The lowest BCUT2D eigenvalue weighted by molar-refractivity contribution is -0.121. The van der Waals surface area contributed by atoms with Crippen LogP contribution in [0.1, 0.15) is 17.3 Å². The highest BCUT2D eigenvalue weighted by Crippen LogP contribution is 2.17. The van der Waals surface area contributed by atoms with Crippen LogP contribution in [0.5, 0.6) is 0 Å². The summed E-state index contributed by atoms with van der Waals surface area (Å²) in [5, 5.41) is 8.43. The van der Waals surface area contributed by atoms with Gasteiger partial charge in [0.25, 0.3) is 5.91 Å². The smallest absolute Gasteiger partial charge is 0.253 e. The maximum absolute atomic E-state index is 12.6. The number of nitrogens with zero attached hydrogens (tertiary/aromatic N) is 2. The zero-order chi connectivity index (χ0) is 21.9. The van der Waals surface area contributed by atoms with Crippen LogP contribution >= 0.6 is 11.6 Å². The lowest BCUT2D eigenvalue weighted by atomic mass is 10.1. The fourth-order valence-electron chi connectivity index (χ4n) is 3.25. The van der Waals surface area contributed by atoms with Gasteiger partial charge in [0.2, 0.25) is 15.9 Å². The van der Waals surface area contributed by atoms with Crippen LogP contribution in [0.2, 0.25) is 5.02 Å². The Morgan fingerprint density at radius 3 is 2.30 bits per heavy atom. The first-order valence-corrected chi connectivity index (χ1v) is 11.3. The number of carbonyl (C=O) groups is 2. The van der Waals surface area contributed by atoms with Crippen molar-refractivity contribution in [3.8, 4) is 0 Å². The standard InChI is InChI=1S/C20H23ClN4O4S/c1-14(19(26)23-17-3-2-4-18(13-17)30(22,28)29)24-9-11-25(12-10-24)20(27)15-5-7-16(21)8-6-15/h2-8,13-14H,9-12H2,1H3,(H,23,26)(H2,22,28,29). The van der Waals surface area contributed by atoms with E-state index in [2.05, 4.69) is 5.32 Å². The Balaban J connectivity index is 1.57. The number of benzene rings is 2. The molecule has 0 radical (unpaired) electrons. The minimum Gasteiger partial charge on any atom is -0.336 e. The van der Waals surface area contributed by atoms with Crippen LogP contribution in [0.15, 0.2) is 53.4 Å². The van der Waals surface area contributed by atoms with E-state index in [4.69, 9.17) is 16.7 Å². The van der Waals surface area contributed by atoms with Gasteiger partial charge in [0.05, 0.1) is 10.9 Å². The fourth-order valence-corrected chi connectivity index (χ4v) is 3.94. The molecule has 0 aliphatic carbocycles. The molecule has 2 aromatic rings. The summed E-state index contributed by atoms with van der Waals surface area (Å²) in [5.41, 5.74) is 0.934. The Bertz CT molecular complexity index is 1040. The van der Waals surface area contributed by atoms with Crippen molar-refractivity contribution in [1.82, 2.24) is 9.80 Å². The Labute approximate surface area is 180 Å². The number of amides is 2. The number of hydrogen-bond acceptors (Lipinski definition) is 5. The molecular formula is C20H23ClN4O4S. The van der Waals surface area contributed by atoms with E-state index in [9.17, 15) is 18.0 Å². The first-order chi connectivity index (χ1) is 14.1. The number of anilines is 1. The van der Waals surface area contributed by atoms with E-state index >= 15 is 0 Å². The predicted octanol–water partition coefficient (Wildman–Crippen LogP) is 1.77. The summed E-state index contributed by atoms with van der Waals surface area (Å²) in [4.78, 5) is 28.9. The molecule has 10 heteroatoms. The number of halogens is 1. The average Bonchev–Trinajstić information content (AvgIpc) is 2.73. The third kappa shape index (κ3) is 5.37. The van der Waals surface area contributed by atoms with Gasteiger partial charge >= 0.3 is 0 Å². The van der Waals surface area contributed by atoms with Crippen LogP contribution < -0.4 is 10.5 Å². The highest BCUT2D eigenvalue weighted by atomic mass is 35.5. The molecule has 160 valence electrons. The number of primary sulfonamides is 1. The third-order valence-electron chi connectivity index (χ3n) is 5.05. The van der Waals surface area contributed by atoms with Crippen LogP contribution in [0.3, 0.4) is 0 Å². The molecule has 0 bridgehead atoms. The van der Waals surface area contributed by atoms with Gasteiger partial charge < -0.3 is 10.2 Å². The normalized spacial score (nSPS) is 16.2.